The van der Waals surface area contributed by atoms with Crippen LogP contribution in [0.4, 0.5) is 11.4 Å². The summed E-state index contributed by atoms with van der Waals surface area (Å²) in [6.45, 7) is 3.68. The molecule has 0 atom stereocenters. The average molecular weight is 493 g/mol. The van der Waals surface area contributed by atoms with Gasteiger partial charge < -0.3 is 15.4 Å². The van der Waals surface area contributed by atoms with Crippen LogP contribution >= 0.6 is 11.6 Å². The summed E-state index contributed by atoms with van der Waals surface area (Å²) in [7, 11) is 0. The monoisotopic (exact) mass is 492 g/mol. The van der Waals surface area contributed by atoms with Crippen LogP contribution in [-0.2, 0) is 20.8 Å². The second-order valence-corrected chi connectivity index (χ2v) is 7.94. The lowest BCUT2D eigenvalue weighted by atomic mass is 10.1. The number of nitrogens with one attached hydrogen (secondary N) is 3. The van der Waals surface area contributed by atoms with Gasteiger partial charge in [0.15, 0.2) is 6.61 Å². The van der Waals surface area contributed by atoms with Crippen molar-refractivity contribution < 1.29 is 19.1 Å². The SMILES string of the molecule is CCc1ccccc1NC(=O)COc1cccc(/C=N\NC(=O)C(=O)Nc2ccc(C)c(Cl)c2)c1. The Balaban J connectivity index is 1.49. The maximum Gasteiger partial charge on any atom is 0.329 e. The van der Waals surface area contributed by atoms with Crippen LogP contribution in [0.5, 0.6) is 5.75 Å². The smallest absolute Gasteiger partial charge is 0.329 e. The molecule has 3 aromatic carbocycles. The lowest BCUT2D eigenvalue weighted by Crippen LogP contribution is -2.32. The van der Waals surface area contributed by atoms with E-state index in [1.54, 1.807) is 42.5 Å². The summed E-state index contributed by atoms with van der Waals surface area (Å²) >= 11 is 6.02. The van der Waals surface area contributed by atoms with Crippen molar-refractivity contribution in [1.29, 1.82) is 0 Å². The molecule has 0 radical (unpaired) electrons. The van der Waals surface area contributed by atoms with Gasteiger partial charge in [-0.05, 0) is 60.4 Å². The molecule has 0 saturated heterocycles. The Morgan fingerprint density at radius 3 is 2.54 bits per heavy atom. The van der Waals surface area contributed by atoms with Crippen molar-refractivity contribution in [3.8, 4) is 5.75 Å². The minimum atomic E-state index is -0.936. The molecule has 0 fully saturated rings. The van der Waals surface area contributed by atoms with Crippen molar-refractivity contribution in [1.82, 2.24) is 5.43 Å². The molecular formula is C26H25ClN4O4. The van der Waals surface area contributed by atoms with E-state index in [1.807, 2.05) is 38.1 Å². The minimum Gasteiger partial charge on any atom is -0.484 e. The Hall–Kier alpha value is -4.17. The summed E-state index contributed by atoms with van der Waals surface area (Å²) in [5, 5.41) is 9.58. The van der Waals surface area contributed by atoms with Crippen molar-refractivity contribution in [2.24, 2.45) is 5.10 Å². The first kappa shape index (κ1) is 25.5. The lowest BCUT2D eigenvalue weighted by Gasteiger charge is -2.10. The van der Waals surface area contributed by atoms with E-state index in [2.05, 4.69) is 21.2 Å². The Kier molecular flexibility index (Phi) is 8.97. The molecule has 0 aliphatic heterocycles. The van der Waals surface area contributed by atoms with E-state index in [9.17, 15) is 14.4 Å². The maximum absolute atomic E-state index is 12.3. The number of carbonyl (C=O) groups excluding carboxylic acids is 3. The Morgan fingerprint density at radius 1 is 0.971 bits per heavy atom. The molecule has 3 rings (SSSR count). The molecule has 8 nitrogen and oxygen atoms in total. The van der Waals surface area contributed by atoms with E-state index in [0.29, 0.717) is 22.0 Å². The van der Waals surface area contributed by atoms with E-state index in [-0.39, 0.29) is 12.5 Å². The molecule has 0 aromatic heterocycles. The number of carbonyl (C=O) groups is 3. The number of ether oxygens (including phenoxy) is 1. The van der Waals surface area contributed by atoms with E-state index < -0.39 is 11.8 Å². The number of rotatable bonds is 8. The third kappa shape index (κ3) is 7.68. The number of amides is 3. The zero-order chi connectivity index (χ0) is 25.2. The molecule has 0 bridgehead atoms. The van der Waals surface area contributed by atoms with Gasteiger partial charge in [0.05, 0.1) is 6.21 Å². The number of anilines is 2. The lowest BCUT2D eigenvalue weighted by molar-refractivity contribution is -0.136. The van der Waals surface area contributed by atoms with Crippen LogP contribution in [-0.4, -0.2) is 30.5 Å². The molecule has 0 saturated carbocycles. The third-order valence-electron chi connectivity index (χ3n) is 4.92. The fourth-order valence-corrected chi connectivity index (χ4v) is 3.23. The second kappa shape index (κ2) is 12.3. The molecule has 35 heavy (non-hydrogen) atoms. The standard InChI is InChI=1S/C26H25ClN4O4/c1-3-19-8-4-5-10-23(19)30-24(32)16-35-21-9-6-7-18(13-21)15-28-31-26(34)25(33)29-20-12-11-17(2)22(27)14-20/h4-15H,3,16H2,1-2H3,(H,29,33)(H,30,32)(H,31,34)/b28-15-. The average Bonchev–Trinajstić information content (AvgIpc) is 2.85. The zero-order valence-corrected chi connectivity index (χ0v) is 20.1. The topological polar surface area (TPSA) is 109 Å². The molecule has 3 aromatic rings. The number of benzene rings is 3. The quantitative estimate of drug-likeness (QED) is 0.247. The van der Waals surface area contributed by atoms with Crippen molar-refractivity contribution in [2.75, 3.05) is 17.2 Å². The fourth-order valence-electron chi connectivity index (χ4n) is 3.05. The summed E-state index contributed by atoms with van der Waals surface area (Å²) in [5.74, 6) is -1.64. The molecule has 180 valence electrons. The summed E-state index contributed by atoms with van der Waals surface area (Å²) in [4.78, 5) is 36.3. The van der Waals surface area contributed by atoms with Gasteiger partial charge in [-0.15, -0.1) is 0 Å². The predicted octanol–water partition coefficient (Wildman–Crippen LogP) is 4.32. The number of halogens is 1. The normalized spacial score (nSPS) is 10.6. The van der Waals surface area contributed by atoms with E-state index >= 15 is 0 Å². The van der Waals surface area contributed by atoms with Gasteiger partial charge in [0.2, 0.25) is 0 Å². The van der Waals surface area contributed by atoms with Crippen LogP contribution in [0.1, 0.15) is 23.6 Å². The van der Waals surface area contributed by atoms with Crippen LogP contribution < -0.4 is 20.8 Å². The Bertz CT molecular complexity index is 1260. The molecule has 9 heteroatoms. The van der Waals surface area contributed by atoms with Crippen LogP contribution in [0.25, 0.3) is 0 Å². The number of hydrogen-bond acceptors (Lipinski definition) is 5. The Morgan fingerprint density at radius 2 is 1.77 bits per heavy atom. The summed E-state index contributed by atoms with van der Waals surface area (Å²) in [6.07, 6.45) is 2.16. The molecule has 0 unspecified atom stereocenters. The van der Waals surface area contributed by atoms with E-state index in [0.717, 1.165) is 23.2 Å². The fraction of sp³-hybridized carbons (Fsp3) is 0.154. The highest BCUT2D eigenvalue weighted by Crippen LogP contribution is 2.20. The first-order valence-corrected chi connectivity index (χ1v) is 11.2. The van der Waals surface area contributed by atoms with Gasteiger partial charge in [-0.25, -0.2) is 5.43 Å². The number of hydrazone groups is 1. The number of aryl methyl sites for hydroxylation is 2. The van der Waals surface area contributed by atoms with Crippen molar-refractivity contribution in [3.05, 3.63) is 88.4 Å². The number of hydrogen-bond donors (Lipinski definition) is 3. The van der Waals surface area contributed by atoms with Gasteiger partial charge in [0, 0.05) is 16.4 Å². The van der Waals surface area contributed by atoms with Gasteiger partial charge >= 0.3 is 11.8 Å². The van der Waals surface area contributed by atoms with Gasteiger partial charge in [-0.1, -0.05) is 54.9 Å². The summed E-state index contributed by atoms with van der Waals surface area (Å²) in [5.41, 5.74) is 5.82. The van der Waals surface area contributed by atoms with E-state index in [4.69, 9.17) is 16.3 Å². The Labute approximate surface area is 208 Å². The maximum atomic E-state index is 12.3. The van der Waals surface area contributed by atoms with Crippen molar-refractivity contribution in [3.63, 3.8) is 0 Å². The van der Waals surface area contributed by atoms with Gasteiger partial charge in [-0.3, -0.25) is 14.4 Å². The molecule has 0 heterocycles. The number of para-hydroxylation sites is 1. The molecule has 0 aliphatic rings. The molecular weight excluding hydrogens is 468 g/mol. The van der Waals surface area contributed by atoms with Crippen LogP contribution in [0.15, 0.2) is 71.8 Å². The van der Waals surface area contributed by atoms with Crippen molar-refractivity contribution in [2.45, 2.75) is 20.3 Å². The largest absolute Gasteiger partial charge is 0.484 e. The highest BCUT2D eigenvalue weighted by atomic mass is 35.5. The summed E-state index contributed by atoms with van der Waals surface area (Å²) < 4.78 is 5.57. The highest BCUT2D eigenvalue weighted by molar-refractivity contribution is 6.39. The minimum absolute atomic E-state index is 0.168. The molecule has 0 aliphatic carbocycles. The molecule has 3 amide bonds. The number of nitrogens with zero attached hydrogens (tertiary/aromatic N) is 1. The highest BCUT2D eigenvalue weighted by Gasteiger charge is 2.13. The zero-order valence-electron chi connectivity index (χ0n) is 19.3. The van der Waals surface area contributed by atoms with Crippen LogP contribution in [0, 0.1) is 6.92 Å². The first-order chi connectivity index (χ1) is 16.9. The second-order valence-electron chi connectivity index (χ2n) is 7.54. The molecule has 3 N–H and O–H groups in total. The predicted molar refractivity (Wildman–Crippen MR) is 137 cm³/mol. The van der Waals surface area contributed by atoms with Gasteiger partial charge in [-0.2, -0.15) is 5.10 Å². The van der Waals surface area contributed by atoms with Crippen LogP contribution in [0.3, 0.4) is 0 Å². The van der Waals surface area contributed by atoms with E-state index in [1.165, 1.54) is 6.21 Å². The van der Waals surface area contributed by atoms with Crippen LogP contribution in [0.2, 0.25) is 5.02 Å². The van der Waals surface area contributed by atoms with Gasteiger partial charge in [0.25, 0.3) is 5.91 Å². The molecule has 0 spiro atoms. The van der Waals surface area contributed by atoms with Gasteiger partial charge in [0.1, 0.15) is 5.75 Å². The first-order valence-electron chi connectivity index (χ1n) is 10.9. The third-order valence-corrected chi connectivity index (χ3v) is 5.32. The van der Waals surface area contributed by atoms with Crippen molar-refractivity contribution >= 4 is 46.9 Å². The summed E-state index contributed by atoms with van der Waals surface area (Å²) in [6, 6.07) is 19.3.